The van der Waals surface area contributed by atoms with Gasteiger partial charge in [0.15, 0.2) is 0 Å². The van der Waals surface area contributed by atoms with E-state index < -0.39 is 17.3 Å². The molecule has 4 aromatic rings. The fourth-order valence-corrected chi connectivity index (χ4v) is 4.37. The topological polar surface area (TPSA) is 72.1 Å². The van der Waals surface area contributed by atoms with E-state index in [1.165, 1.54) is 6.07 Å². The van der Waals surface area contributed by atoms with E-state index in [0.29, 0.717) is 18.5 Å². The van der Waals surface area contributed by atoms with Gasteiger partial charge in [-0.3, -0.25) is 9.78 Å². The van der Waals surface area contributed by atoms with Gasteiger partial charge in [-0.2, -0.15) is 18.2 Å². The van der Waals surface area contributed by atoms with Crippen molar-refractivity contribution in [3.63, 3.8) is 0 Å². The molecule has 6 nitrogen and oxygen atoms in total. The lowest BCUT2D eigenvalue weighted by atomic mass is 9.73. The van der Waals surface area contributed by atoms with Gasteiger partial charge in [-0.25, -0.2) is 0 Å². The molecule has 172 valence electrons. The van der Waals surface area contributed by atoms with Crippen molar-refractivity contribution in [1.29, 1.82) is 0 Å². The number of carbonyl (C=O) groups is 1. The zero-order chi connectivity index (χ0) is 23.8. The number of halogens is 3. The van der Waals surface area contributed by atoms with Crippen molar-refractivity contribution in [3.8, 4) is 11.4 Å². The Hall–Kier alpha value is -4.01. The highest BCUT2D eigenvalue weighted by molar-refractivity contribution is 5.94. The fraction of sp³-hybridized carbons (Fsp3) is 0.200. The van der Waals surface area contributed by atoms with Crippen LogP contribution in [-0.4, -0.2) is 32.5 Å². The monoisotopic (exact) mass is 464 g/mol. The number of alkyl halides is 3. The molecule has 0 radical (unpaired) electrons. The van der Waals surface area contributed by atoms with E-state index in [1.807, 2.05) is 60.7 Å². The van der Waals surface area contributed by atoms with E-state index in [0.717, 1.165) is 23.4 Å². The van der Waals surface area contributed by atoms with E-state index in [1.54, 1.807) is 4.90 Å². The molecule has 1 fully saturated rings. The standard InChI is InChI=1S/C25H19F3N4O2/c26-25(27,28)20-12-11-17(15-29-20)22-30-21(34-31-22)16-32-14-13-24(23(32)33,18-7-3-1-4-8-18)19-9-5-2-6-10-19/h1-12,15H,13-14,16H2. The molecule has 9 heteroatoms. The van der Waals surface area contributed by atoms with Gasteiger partial charge in [0, 0.05) is 18.3 Å². The Morgan fingerprint density at radius 3 is 2.15 bits per heavy atom. The van der Waals surface area contributed by atoms with Gasteiger partial charge in [0.05, 0.1) is 0 Å². The molecule has 0 bridgehead atoms. The molecule has 1 aliphatic rings. The first-order valence-electron chi connectivity index (χ1n) is 10.6. The molecule has 3 heterocycles. The zero-order valence-corrected chi connectivity index (χ0v) is 17.9. The molecule has 5 rings (SSSR count). The molecular weight excluding hydrogens is 445 g/mol. The fourth-order valence-electron chi connectivity index (χ4n) is 4.37. The number of pyridine rings is 1. The van der Waals surface area contributed by atoms with Crippen molar-refractivity contribution >= 4 is 5.91 Å². The van der Waals surface area contributed by atoms with Crippen LogP contribution in [0.3, 0.4) is 0 Å². The summed E-state index contributed by atoms with van der Waals surface area (Å²) in [5.41, 5.74) is 0.300. The second-order valence-electron chi connectivity index (χ2n) is 8.06. The quantitative estimate of drug-likeness (QED) is 0.422. The summed E-state index contributed by atoms with van der Waals surface area (Å²) in [5, 5.41) is 3.85. The largest absolute Gasteiger partial charge is 0.433 e. The molecule has 0 spiro atoms. The average Bonchev–Trinajstić information content (AvgIpc) is 3.45. The van der Waals surface area contributed by atoms with E-state index in [2.05, 4.69) is 15.1 Å². The van der Waals surface area contributed by atoms with Gasteiger partial charge in [-0.15, -0.1) is 0 Å². The third-order valence-corrected chi connectivity index (χ3v) is 6.05. The molecule has 0 saturated carbocycles. The minimum atomic E-state index is -4.53. The van der Waals surface area contributed by atoms with Crippen molar-refractivity contribution < 1.29 is 22.5 Å². The first-order chi connectivity index (χ1) is 16.4. The van der Waals surface area contributed by atoms with Crippen LogP contribution in [0.4, 0.5) is 13.2 Å². The number of hydrogen-bond acceptors (Lipinski definition) is 5. The molecule has 0 N–H and O–H groups in total. The normalized spacial score (nSPS) is 15.6. The van der Waals surface area contributed by atoms with Gasteiger partial charge in [0.2, 0.25) is 17.6 Å². The molecule has 34 heavy (non-hydrogen) atoms. The minimum Gasteiger partial charge on any atom is -0.337 e. The molecule has 1 aliphatic heterocycles. The van der Waals surface area contributed by atoms with Gasteiger partial charge in [0.25, 0.3) is 0 Å². The van der Waals surface area contributed by atoms with Crippen LogP contribution in [0.15, 0.2) is 83.5 Å². The number of nitrogens with zero attached hydrogens (tertiary/aromatic N) is 4. The third kappa shape index (κ3) is 3.83. The number of hydrogen-bond donors (Lipinski definition) is 0. The maximum atomic E-state index is 13.8. The van der Waals surface area contributed by atoms with Gasteiger partial charge < -0.3 is 9.42 Å². The summed E-state index contributed by atoms with van der Waals surface area (Å²) in [5.74, 6) is 0.237. The molecule has 1 saturated heterocycles. The molecule has 0 atom stereocenters. The number of benzene rings is 2. The lowest BCUT2D eigenvalue weighted by molar-refractivity contribution is -0.141. The van der Waals surface area contributed by atoms with Crippen LogP contribution in [0, 0.1) is 0 Å². The summed E-state index contributed by atoms with van der Waals surface area (Å²) in [4.78, 5) is 23.1. The van der Waals surface area contributed by atoms with E-state index in [4.69, 9.17) is 4.52 Å². The smallest absolute Gasteiger partial charge is 0.337 e. The van der Waals surface area contributed by atoms with E-state index >= 15 is 0 Å². The van der Waals surface area contributed by atoms with Crippen LogP contribution in [0.2, 0.25) is 0 Å². The first-order valence-corrected chi connectivity index (χ1v) is 10.6. The van der Waals surface area contributed by atoms with Gasteiger partial charge in [-0.05, 0) is 29.7 Å². The summed E-state index contributed by atoms with van der Waals surface area (Å²) in [6.45, 7) is 0.587. The number of aromatic nitrogens is 3. The van der Waals surface area contributed by atoms with Crippen molar-refractivity contribution in [2.75, 3.05) is 6.54 Å². The Morgan fingerprint density at radius 2 is 1.59 bits per heavy atom. The summed E-state index contributed by atoms with van der Waals surface area (Å²) in [6, 6.07) is 21.4. The third-order valence-electron chi connectivity index (χ3n) is 6.05. The highest BCUT2D eigenvalue weighted by atomic mass is 19.4. The van der Waals surface area contributed by atoms with Crippen LogP contribution >= 0.6 is 0 Å². The van der Waals surface area contributed by atoms with Crippen molar-refractivity contribution in [2.45, 2.75) is 24.6 Å². The highest BCUT2D eigenvalue weighted by Crippen LogP contribution is 2.42. The predicted octanol–water partition coefficient (Wildman–Crippen LogP) is 4.87. The van der Waals surface area contributed by atoms with Crippen LogP contribution < -0.4 is 0 Å². The second-order valence-corrected chi connectivity index (χ2v) is 8.06. The van der Waals surface area contributed by atoms with Crippen LogP contribution in [0.5, 0.6) is 0 Å². The number of amides is 1. The Labute approximate surface area is 193 Å². The van der Waals surface area contributed by atoms with Gasteiger partial charge >= 0.3 is 6.18 Å². The highest BCUT2D eigenvalue weighted by Gasteiger charge is 2.49. The van der Waals surface area contributed by atoms with Crippen LogP contribution in [-0.2, 0) is 22.9 Å². The van der Waals surface area contributed by atoms with Crippen LogP contribution in [0.25, 0.3) is 11.4 Å². The van der Waals surface area contributed by atoms with Crippen molar-refractivity contribution in [1.82, 2.24) is 20.0 Å². The molecule has 0 aliphatic carbocycles. The maximum absolute atomic E-state index is 13.8. The summed E-state index contributed by atoms with van der Waals surface area (Å²) >= 11 is 0. The minimum absolute atomic E-state index is 0.0687. The molecule has 2 aromatic carbocycles. The zero-order valence-electron chi connectivity index (χ0n) is 17.9. The lowest BCUT2D eigenvalue weighted by Crippen LogP contribution is -2.38. The summed E-state index contributed by atoms with van der Waals surface area (Å²) in [7, 11) is 0. The summed E-state index contributed by atoms with van der Waals surface area (Å²) in [6.07, 6.45) is -2.89. The number of likely N-dealkylation sites (tertiary alicyclic amines) is 1. The lowest BCUT2D eigenvalue weighted by Gasteiger charge is -2.29. The van der Waals surface area contributed by atoms with Crippen molar-refractivity contribution in [2.24, 2.45) is 0 Å². The molecule has 2 aromatic heterocycles. The van der Waals surface area contributed by atoms with Crippen LogP contribution in [0.1, 0.15) is 29.1 Å². The number of carbonyl (C=O) groups excluding carboxylic acids is 1. The van der Waals surface area contributed by atoms with Crippen molar-refractivity contribution in [3.05, 3.63) is 102 Å². The molecule has 1 amide bonds. The summed E-state index contributed by atoms with van der Waals surface area (Å²) < 4.78 is 43.5. The second kappa shape index (κ2) is 8.40. The van der Waals surface area contributed by atoms with E-state index in [9.17, 15) is 18.0 Å². The van der Waals surface area contributed by atoms with Gasteiger partial charge in [-0.1, -0.05) is 65.8 Å². The van der Waals surface area contributed by atoms with E-state index in [-0.39, 0.29) is 24.2 Å². The Morgan fingerprint density at radius 1 is 0.941 bits per heavy atom. The average molecular weight is 464 g/mol. The predicted molar refractivity (Wildman–Crippen MR) is 116 cm³/mol. The Balaban J connectivity index is 1.39. The SMILES string of the molecule is O=C1N(Cc2nc(-c3ccc(C(F)(F)F)nc3)no2)CCC1(c1ccccc1)c1ccccc1. The molecular formula is C25H19F3N4O2. The molecule has 0 unspecified atom stereocenters. The maximum Gasteiger partial charge on any atom is 0.433 e. The Kier molecular flexibility index (Phi) is 5.39. The Bertz CT molecular complexity index is 1250. The first kappa shape index (κ1) is 21.8. The number of rotatable bonds is 5. The van der Waals surface area contributed by atoms with Gasteiger partial charge in [0.1, 0.15) is 17.7 Å².